The van der Waals surface area contributed by atoms with E-state index < -0.39 is 12.5 Å². The molecule has 12 heteroatoms. The van der Waals surface area contributed by atoms with E-state index in [1.54, 1.807) is 19.3 Å². The molecule has 1 aromatic carbocycles. The summed E-state index contributed by atoms with van der Waals surface area (Å²) in [5.41, 5.74) is 2.94. The molecule has 4 aromatic rings. The summed E-state index contributed by atoms with van der Waals surface area (Å²) in [7, 11) is 0. The standard InChI is InChI=1S/C26H28F4N6OS/c1-4-18(15(2)27)9-12-32-23-22(24-35-20-14-31-11-10-21(20)38-24)16(3)34-25(36-23)33-13-17-5-7-19(8-6-17)37-26(28,29)30/h5-8,10-11,14-15,18H,4,9,12-13H2,1-3H3,(H2,32,33,34,36). The smallest absolute Gasteiger partial charge is 0.406 e. The number of hydrogen-bond acceptors (Lipinski definition) is 8. The Morgan fingerprint density at radius 3 is 2.47 bits per heavy atom. The molecule has 2 atom stereocenters. The molecule has 0 fully saturated rings. The number of hydrogen-bond donors (Lipinski definition) is 2. The zero-order valence-corrected chi connectivity index (χ0v) is 22.0. The molecule has 7 nitrogen and oxygen atoms in total. The molecule has 0 saturated heterocycles. The summed E-state index contributed by atoms with van der Waals surface area (Å²) in [5, 5.41) is 7.23. The van der Waals surface area contributed by atoms with Crippen LogP contribution in [0, 0.1) is 12.8 Å². The average Bonchev–Trinajstić information content (AvgIpc) is 3.28. The number of alkyl halides is 4. The van der Waals surface area contributed by atoms with Gasteiger partial charge < -0.3 is 15.4 Å². The van der Waals surface area contributed by atoms with E-state index in [2.05, 4.69) is 30.3 Å². The van der Waals surface area contributed by atoms with Crippen molar-refractivity contribution in [2.24, 2.45) is 5.92 Å². The lowest BCUT2D eigenvalue weighted by molar-refractivity contribution is -0.274. The van der Waals surface area contributed by atoms with Gasteiger partial charge in [-0.15, -0.1) is 24.5 Å². The van der Waals surface area contributed by atoms with Gasteiger partial charge in [0, 0.05) is 19.3 Å². The summed E-state index contributed by atoms with van der Waals surface area (Å²) >= 11 is 1.51. The minimum atomic E-state index is -4.74. The van der Waals surface area contributed by atoms with Gasteiger partial charge in [-0.25, -0.2) is 14.4 Å². The summed E-state index contributed by atoms with van der Waals surface area (Å²) < 4.78 is 56.0. The Morgan fingerprint density at radius 2 is 1.82 bits per heavy atom. The van der Waals surface area contributed by atoms with Gasteiger partial charge in [0.1, 0.15) is 28.3 Å². The topological polar surface area (TPSA) is 84.9 Å². The third-order valence-electron chi connectivity index (χ3n) is 6.08. The molecule has 3 heterocycles. The van der Waals surface area contributed by atoms with Crippen molar-refractivity contribution in [2.75, 3.05) is 17.2 Å². The fourth-order valence-electron chi connectivity index (χ4n) is 4.05. The second kappa shape index (κ2) is 11.9. The van der Waals surface area contributed by atoms with Crippen LogP contribution < -0.4 is 15.4 Å². The summed E-state index contributed by atoms with van der Waals surface area (Å²) in [6.07, 6.45) is -0.862. The van der Waals surface area contributed by atoms with Crippen LogP contribution in [0.1, 0.15) is 37.9 Å². The van der Waals surface area contributed by atoms with Crippen LogP contribution in [0.2, 0.25) is 0 Å². The van der Waals surface area contributed by atoms with E-state index in [-0.39, 0.29) is 18.2 Å². The summed E-state index contributed by atoms with van der Waals surface area (Å²) in [5.74, 6) is 0.563. The Bertz CT molecular complexity index is 1330. The van der Waals surface area contributed by atoms with E-state index >= 15 is 0 Å². The molecule has 202 valence electrons. The second-order valence-corrected chi connectivity index (χ2v) is 9.86. The average molecular weight is 549 g/mol. The van der Waals surface area contributed by atoms with Crippen LogP contribution in [0.4, 0.5) is 29.3 Å². The van der Waals surface area contributed by atoms with Crippen molar-refractivity contribution in [3.05, 3.63) is 54.0 Å². The molecule has 4 rings (SSSR count). The van der Waals surface area contributed by atoms with Crippen LogP contribution >= 0.6 is 11.3 Å². The van der Waals surface area contributed by atoms with E-state index in [0.29, 0.717) is 30.4 Å². The number of ether oxygens (including phenoxy) is 1. The van der Waals surface area contributed by atoms with Crippen molar-refractivity contribution in [3.8, 4) is 16.3 Å². The quantitative estimate of drug-likeness (QED) is 0.193. The van der Waals surface area contributed by atoms with Crippen molar-refractivity contribution in [3.63, 3.8) is 0 Å². The van der Waals surface area contributed by atoms with E-state index in [9.17, 15) is 17.6 Å². The number of rotatable bonds is 11. The van der Waals surface area contributed by atoms with E-state index in [1.165, 1.54) is 35.6 Å². The molecule has 3 aromatic heterocycles. The van der Waals surface area contributed by atoms with Crippen molar-refractivity contribution < 1.29 is 22.3 Å². The molecule has 2 N–H and O–H groups in total. The summed E-state index contributed by atoms with van der Waals surface area (Å²) in [6.45, 7) is 6.21. The molecule has 0 aliphatic heterocycles. The molecule has 0 amide bonds. The van der Waals surface area contributed by atoms with E-state index in [1.807, 2.05) is 19.9 Å². The Labute approximate surface area is 221 Å². The van der Waals surface area contributed by atoms with Crippen molar-refractivity contribution in [2.45, 2.75) is 52.7 Å². The number of pyridine rings is 1. The highest BCUT2D eigenvalue weighted by molar-refractivity contribution is 7.21. The fraction of sp³-hybridized carbons (Fsp3) is 0.385. The molecule has 0 aliphatic rings. The number of halogens is 4. The number of benzene rings is 1. The number of nitrogens with one attached hydrogen (secondary N) is 2. The first kappa shape index (κ1) is 27.5. The number of aromatic nitrogens is 4. The highest BCUT2D eigenvalue weighted by Crippen LogP contribution is 2.36. The number of nitrogens with zero attached hydrogens (tertiary/aromatic N) is 4. The predicted octanol–water partition coefficient (Wildman–Crippen LogP) is 7.15. The van der Waals surface area contributed by atoms with Gasteiger partial charge in [-0.1, -0.05) is 25.5 Å². The highest BCUT2D eigenvalue weighted by atomic mass is 32.1. The molecule has 0 saturated carbocycles. The monoisotopic (exact) mass is 548 g/mol. The molecule has 0 aliphatic carbocycles. The third kappa shape index (κ3) is 7.06. The summed E-state index contributed by atoms with van der Waals surface area (Å²) in [6, 6.07) is 7.48. The summed E-state index contributed by atoms with van der Waals surface area (Å²) in [4.78, 5) is 18.1. The molecule has 2 unspecified atom stereocenters. The Kier molecular flexibility index (Phi) is 8.60. The van der Waals surface area contributed by atoms with Crippen molar-refractivity contribution in [1.29, 1.82) is 0 Å². The number of anilines is 2. The van der Waals surface area contributed by atoms with Crippen LogP contribution in [0.15, 0.2) is 42.7 Å². The van der Waals surface area contributed by atoms with Gasteiger partial charge in [-0.05, 0) is 49.9 Å². The lowest BCUT2D eigenvalue weighted by atomic mass is 9.98. The predicted molar refractivity (Wildman–Crippen MR) is 141 cm³/mol. The van der Waals surface area contributed by atoms with Crippen LogP contribution in [-0.2, 0) is 6.54 Å². The lowest BCUT2D eigenvalue weighted by Crippen LogP contribution is -2.17. The van der Waals surface area contributed by atoms with Gasteiger partial charge in [0.05, 0.1) is 22.2 Å². The minimum absolute atomic E-state index is 0.0655. The highest BCUT2D eigenvalue weighted by Gasteiger charge is 2.31. The Morgan fingerprint density at radius 1 is 1.05 bits per heavy atom. The van der Waals surface area contributed by atoms with Gasteiger partial charge in [-0.2, -0.15) is 4.98 Å². The van der Waals surface area contributed by atoms with Gasteiger partial charge in [0.15, 0.2) is 0 Å². The van der Waals surface area contributed by atoms with Gasteiger partial charge >= 0.3 is 6.36 Å². The molecule has 38 heavy (non-hydrogen) atoms. The first-order valence-electron chi connectivity index (χ1n) is 12.2. The minimum Gasteiger partial charge on any atom is -0.406 e. The second-order valence-electron chi connectivity index (χ2n) is 8.83. The van der Waals surface area contributed by atoms with Gasteiger partial charge in [0.2, 0.25) is 5.95 Å². The van der Waals surface area contributed by atoms with Crippen LogP contribution in [-0.4, -0.2) is 39.0 Å². The zero-order valence-electron chi connectivity index (χ0n) is 21.1. The number of fused-ring (bicyclic) bond motifs is 1. The van der Waals surface area contributed by atoms with E-state index in [4.69, 9.17) is 4.98 Å². The fourth-order valence-corrected chi connectivity index (χ4v) is 5.08. The Balaban J connectivity index is 1.56. The maximum Gasteiger partial charge on any atom is 0.573 e. The molecular weight excluding hydrogens is 520 g/mol. The first-order valence-corrected chi connectivity index (χ1v) is 13.0. The number of aryl methyl sites for hydroxylation is 1. The largest absolute Gasteiger partial charge is 0.573 e. The maximum absolute atomic E-state index is 13.9. The maximum atomic E-state index is 13.9. The molecule has 0 bridgehead atoms. The third-order valence-corrected chi connectivity index (χ3v) is 7.14. The lowest BCUT2D eigenvalue weighted by Gasteiger charge is -2.18. The van der Waals surface area contributed by atoms with Crippen molar-refractivity contribution >= 4 is 33.3 Å². The molecular formula is C26H28F4N6OS. The van der Waals surface area contributed by atoms with Gasteiger partial charge in [0.25, 0.3) is 0 Å². The number of thiazole rings is 1. The van der Waals surface area contributed by atoms with Crippen LogP contribution in [0.25, 0.3) is 20.8 Å². The van der Waals surface area contributed by atoms with Crippen LogP contribution in [0.3, 0.4) is 0 Å². The molecule has 0 radical (unpaired) electrons. The van der Waals surface area contributed by atoms with E-state index in [0.717, 1.165) is 32.8 Å². The Hall–Kier alpha value is -3.54. The van der Waals surface area contributed by atoms with Crippen molar-refractivity contribution in [1.82, 2.24) is 19.9 Å². The normalized spacial score (nSPS) is 13.3. The molecule has 0 spiro atoms. The first-order chi connectivity index (χ1) is 18.1. The van der Waals surface area contributed by atoms with Crippen LogP contribution in [0.5, 0.6) is 5.75 Å². The SMILES string of the molecule is CCC(CCNc1nc(NCc2ccc(OC(F)(F)F)cc2)nc(C)c1-c1nc2cnccc2s1)C(C)F. The van der Waals surface area contributed by atoms with Gasteiger partial charge in [-0.3, -0.25) is 4.98 Å². The zero-order chi connectivity index (χ0) is 27.3.